The number of hydrogen-bond acceptors (Lipinski definition) is 4. The molecule has 0 atom stereocenters. The number of rotatable bonds is 4. The lowest BCUT2D eigenvalue weighted by Crippen LogP contribution is -1.93. The molecule has 0 amide bonds. The van der Waals surface area contributed by atoms with Gasteiger partial charge in [-0.15, -0.1) is 0 Å². The molecule has 76 valence electrons. The van der Waals surface area contributed by atoms with E-state index in [1.165, 1.54) is 0 Å². The lowest BCUT2D eigenvalue weighted by molar-refractivity contribution is 0.343. The van der Waals surface area contributed by atoms with Crippen LogP contribution in [0, 0.1) is 0 Å². The molecule has 0 saturated carbocycles. The van der Waals surface area contributed by atoms with Crippen molar-refractivity contribution in [3.8, 4) is 11.5 Å². The van der Waals surface area contributed by atoms with Crippen LogP contribution < -0.4 is 9.47 Å². The van der Waals surface area contributed by atoms with Crippen molar-refractivity contribution in [1.29, 1.82) is 0 Å². The van der Waals surface area contributed by atoms with Crippen molar-refractivity contribution < 1.29 is 14.6 Å². The number of pyridine rings is 1. The number of aromatic nitrogens is 1. The Bertz CT molecular complexity index is 301. The van der Waals surface area contributed by atoms with Gasteiger partial charge in [0.25, 0.3) is 0 Å². The van der Waals surface area contributed by atoms with Gasteiger partial charge in [-0.1, -0.05) is 6.08 Å². The Kier molecular flexibility index (Phi) is 3.94. The second-order valence-corrected chi connectivity index (χ2v) is 2.54. The van der Waals surface area contributed by atoms with E-state index in [0.29, 0.717) is 11.5 Å². The minimum Gasteiger partial charge on any atom is -0.494 e. The molecule has 14 heavy (non-hydrogen) atoms. The van der Waals surface area contributed by atoms with E-state index in [0.717, 1.165) is 5.56 Å². The van der Waals surface area contributed by atoms with Gasteiger partial charge < -0.3 is 14.6 Å². The van der Waals surface area contributed by atoms with E-state index < -0.39 is 0 Å². The molecule has 4 heteroatoms. The van der Waals surface area contributed by atoms with Crippen molar-refractivity contribution in [3.05, 3.63) is 24.0 Å². The van der Waals surface area contributed by atoms with E-state index in [1.807, 2.05) is 0 Å². The number of aliphatic hydroxyl groups is 1. The molecule has 1 rings (SSSR count). The maximum absolute atomic E-state index is 8.67. The SMILES string of the molecule is COc1cncc(OC)c1/C=C/CO. The van der Waals surface area contributed by atoms with E-state index in [4.69, 9.17) is 14.6 Å². The molecule has 0 aliphatic carbocycles. The molecule has 0 saturated heterocycles. The zero-order chi connectivity index (χ0) is 10.4. The van der Waals surface area contributed by atoms with E-state index in [-0.39, 0.29) is 6.61 Å². The topological polar surface area (TPSA) is 51.6 Å². The van der Waals surface area contributed by atoms with Crippen LogP contribution >= 0.6 is 0 Å². The van der Waals surface area contributed by atoms with Crippen molar-refractivity contribution >= 4 is 6.08 Å². The number of ether oxygens (including phenoxy) is 2. The Morgan fingerprint density at radius 1 is 1.29 bits per heavy atom. The highest BCUT2D eigenvalue weighted by Gasteiger charge is 2.06. The highest BCUT2D eigenvalue weighted by Crippen LogP contribution is 2.27. The highest BCUT2D eigenvalue weighted by atomic mass is 16.5. The molecule has 0 aromatic carbocycles. The Morgan fingerprint density at radius 2 is 1.86 bits per heavy atom. The predicted molar refractivity (Wildman–Crippen MR) is 53.5 cm³/mol. The Labute approximate surface area is 82.8 Å². The predicted octanol–water partition coefficient (Wildman–Crippen LogP) is 1.10. The van der Waals surface area contributed by atoms with Crippen LogP contribution in [0.2, 0.25) is 0 Å². The first-order valence-corrected chi connectivity index (χ1v) is 4.16. The third-order valence-electron chi connectivity index (χ3n) is 1.74. The Hall–Kier alpha value is -1.55. The Balaban J connectivity index is 3.12. The first-order valence-electron chi connectivity index (χ1n) is 4.16. The molecule has 1 aromatic rings. The summed E-state index contributed by atoms with van der Waals surface area (Å²) in [6.07, 6.45) is 6.54. The van der Waals surface area contributed by atoms with E-state index in [9.17, 15) is 0 Å². The van der Waals surface area contributed by atoms with Gasteiger partial charge in [0, 0.05) is 0 Å². The summed E-state index contributed by atoms with van der Waals surface area (Å²) in [7, 11) is 3.12. The van der Waals surface area contributed by atoms with Crippen molar-refractivity contribution in [1.82, 2.24) is 4.98 Å². The van der Waals surface area contributed by atoms with Crippen LogP contribution in [0.25, 0.3) is 6.08 Å². The minimum absolute atomic E-state index is 0.0192. The van der Waals surface area contributed by atoms with Crippen molar-refractivity contribution in [2.75, 3.05) is 20.8 Å². The van der Waals surface area contributed by atoms with Crippen LogP contribution in [0.3, 0.4) is 0 Å². The molecule has 0 bridgehead atoms. The molecule has 4 nitrogen and oxygen atoms in total. The summed E-state index contributed by atoms with van der Waals surface area (Å²) in [5.74, 6) is 1.24. The van der Waals surface area contributed by atoms with Gasteiger partial charge in [-0.3, -0.25) is 4.98 Å². The van der Waals surface area contributed by atoms with Gasteiger partial charge in [-0.25, -0.2) is 0 Å². The summed E-state index contributed by atoms with van der Waals surface area (Å²) < 4.78 is 10.2. The molecule has 0 aliphatic heterocycles. The van der Waals surface area contributed by atoms with Gasteiger partial charge in [0.15, 0.2) is 0 Å². The Morgan fingerprint density at radius 3 is 2.29 bits per heavy atom. The number of aliphatic hydroxyl groups excluding tert-OH is 1. The van der Waals surface area contributed by atoms with Gasteiger partial charge in [0.05, 0.1) is 38.8 Å². The van der Waals surface area contributed by atoms with Gasteiger partial charge in [0.2, 0.25) is 0 Å². The molecular formula is C10H13NO3. The molecule has 1 aromatic heterocycles. The molecule has 0 spiro atoms. The van der Waals surface area contributed by atoms with E-state index >= 15 is 0 Å². The summed E-state index contributed by atoms with van der Waals surface area (Å²) in [6.45, 7) is -0.0192. The minimum atomic E-state index is -0.0192. The maximum Gasteiger partial charge on any atom is 0.148 e. The first kappa shape index (κ1) is 10.5. The summed E-state index contributed by atoms with van der Waals surface area (Å²) in [6, 6.07) is 0. The fourth-order valence-corrected chi connectivity index (χ4v) is 1.09. The summed E-state index contributed by atoms with van der Waals surface area (Å²) in [5.41, 5.74) is 0.777. The molecule has 1 N–H and O–H groups in total. The van der Waals surface area contributed by atoms with Crippen LogP contribution in [0.4, 0.5) is 0 Å². The smallest absolute Gasteiger partial charge is 0.148 e. The maximum atomic E-state index is 8.67. The molecular weight excluding hydrogens is 182 g/mol. The van der Waals surface area contributed by atoms with Crippen molar-refractivity contribution in [2.24, 2.45) is 0 Å². The molecule has 1 heterocycles. The number of nitrogens with zero attached hydrogens (tertiary/aromatic N) is 1. The molecule has 0 fully saturated rings. The standard InChI is InChI=1S/C10H13NO3/c1-13-9-6-11-7-10(14-2)8(9)4-3-5-12/h3-4,6-7,12H,5H2,1-2H3/b4-3+. The van der Waals surface area contributed by atoms with E-state index in [2.05, 4.69) is 4.98 Å². The quantitative estimate of drug-likeness (QED) is 0.781. The van der Waals surface area contributed by atoms with Crippen molar-refractivity contribution in [2.45, 2.75) is 0 Å². The molecule has 0 unspecified atom stereocenters. The van der Waals surface area contributed by atoms with Crippen LogP contribution in [0.1, 0.15) is 5.56 Å². The van der Waals surface area contributed by atoms with Crippen LogP contribution in [-0.4, -0.2) is 30.9 Å². The normalized spacial score (nSPS) is 10.5. The third kappa shape index (κ3) is 2.23. The number of methoxy groups -OCH3 is 2. The van der Waals surface area contributed by atoms with Gasteiger partial charge in [0.1, 0.15) is 11.5 Å². The van der Waals surface area contributed by atoms with Gasteiger partial charge in [-0.2, -0.15) is 0 Å². The first-order chi connectivity index (χ1) is 6.83. The summed E-state index contributed by atoms with van der Waals surface area (Å²) in [4.78, 5) is 3.95. The second-order valence-electron chi connectivity index (χ2n) is 2.54. The number of hydrogen-bond donors (Lipinski definition) is 1. The average Bonchev–Trinajstić information content (AvgIpc) is 2.25. The summed E-state index contributed by atoms with van der Waals surface area (Å²) in [5, 5.41) is 8.67. The second kappa shape index (κ2) is 5.24. The summed E-state index contributed by atoms with van der Waals surface area (Å²) >= 11 is 0. The average molecular weight is 195 g/mol. The zero-order valence-corrected chi connectivity index (χ0v) is 8.23. The highest BCUT2D eigenvalue weighted by molar-refractivity contribution is 5.63. The fraction of sp³-hybridized carbons (Fsp3) is 0.300. The molecule has 0 aliphatic rings. The van der Waals surface area contributed by atoms with Crippen LogP contribution in [0.15, 0.2) is 18.5 Å². The van der Waals surface area contributed by atoms with Crippen molar-refractivity contribution in [3.63, 3.8) is 0 Å². The lowest BCUT2D eigenvalue weighted by atomic mass is 10.2. The molecule has 0 radical (unpaired) electrons. The van der Waals surface area contributed by atoms with Gasteiger partial charge in [-0.05, 0) is 6.08 Å². The van der Waals surface area contributed by atoms with Crippen LogP contribution in [-0.2, 0) is 0 Å². The monoisotopic (exact) mass is 195 g/mol. The largest absolute Gasteiger partial charge is 0.494 e. The fourth-order valence-electron chi connectivity index (χ4n) is 1.09. The zero-order valence-electron chi connectivity index (χ0n) is 8.23. The third-order valence-corrected chi connectivity index (χ3v) is 1.74. The van der Waals surface area contributed by atoms with E-state index in [1.54, 1.807) is 38.8 Å². The lowest BCUT2D eigenvalue weighted by Gasteiger charge is -2.08. The van der Waals surface area contributed by atoms with Gasteiger partial charge >= 0.3 is 0 Å². The van der Waals surface area contributed by atoms with Crippen LogP contribution in [0.5, 0.6) is 11.5 Å².